The topological polar surface area (TPSA) is 117 Å². The van der Waals surface area contributed by atoms with Crippen LogP contribution in [0, 0.1) is 5.41 Å². The number of piperidine rings is 1. The molecule has 170 valence electrons. The Morgan fingerprint density at radius 3 is 2.55 bits per heavy atom. The number of anilines is 1. The Kier molecular flexibility index (Phi) is 5.82. The molecule has 31 heavy (non-hydrogen) atoms. The van der Waals surface area contributed by atoms with E-state index >= 15 is 0 Å². The molecule has 0 unspecified atom stereocenters. The third-order valence-corrected chi connectivity index (χ3v) is 8.09. The molecule has 0 radical (unpaired) electrons. The second-order valence-corrected chi connectivity index (χ2v) is 11.4. The van der Waals surface area contributed by atoms with Crippen molar-refractivity contribution in [3.05, 3.63) is 28.2 Å². The number of hydrogen-bond acceptors (Lipinski definition) is 7. The molecule has 1 aliphatic carbocycles. The maximum absolute atomic E-state index is 13.2. The standard InChI is InChI=1S/C21H31N5O4S/c1-21(2)8-4-5-17(21)26-18-14(11-15(13-27)19(26)28)12-22-20(24-18)23-16-6-9-25(10-7-16)31(3,29)30/h11-12,16-17,27H,4-10,13H2,1-3H3,(H,22,23,24)/t17-/m1/s1. The van der Waals surface area contributed by atoms with Crippen LogP contribution in [0.1, 0.15) is 57.6 Å². The summed E-state index contributed by atoms with van der Waals surface area (Å²) in [4.78, 5) is 22.3. The Labute approximate surface area is 182 Å². The van der Waals surface area contributed by atoms with E-state index in [0.29, 0.717) is 43.1 Å². The van der Waals surface area contributed by atoms with Gasteiger partial charge in [-0.25, -0.2) is 17.7 Å². The summed E-state index contributed by atoms with van der Waals surface area (Å²) in [6.45, 7) is 4.95. The minimum absolute atomic E-state index is 0.00903. The maximum atomic E-state index is 13.2. The molecule has 1 saturated carbocycles. The Morgan fingerprint density at radius 1 is 1.26 bits per heavy atom. The second kappa shape index (κ2) is 8.14. The fourth-order valence-corrected chi connectivity index (χ4v) is 5.82. The smallest absolute Gasteiger partial charge is 0.258 e. The van der Waals surface area contributed by atoms with Crippen LogP contribution in [-0.4, -0.2) is 57.8 Å². The van der Waals surface area contributed by atoms with Gasteiger partial charge in [0, 0.05) is 42.3 Å². The molecule has 2 aliphatic rings. The Morgan fingerprint density at radius 2 is 1.97 bits per heavy atom. The fraction of sp³-hybridized carbons (Fsp3) is 0.667. The highest BCUT2D eigenvalue weighted by Gasteiger charge is 2.37. The van der Waals surface area contributed by atoms with Crippen LogP contribution in [-0.2, 0) is 16.6 Å². The van der Waals surface area contributed by atoms with E-state index in [1.807, 2.05) is 0 Å². The van der Waals surface area contributed by atoms with Gasteiger partial charge in [-0.3, -0.25) is 9.36 Å². The first-order valence-electron chi connectivity index (χ1n) is 10.8. The van der Waals surface area contributed by atoms with Crippen molar-refractivity contribution < 1.29 is 13.5 Å². The number of aliphatic hydroxyl groups is 1. The third-order valence-electron chi connectivity index (χ3n) is 6.79. The molecule has 0 aromatic carbocycles. The average Bonchev–Trinajstić information content (AvgIpc) is 3.06. The number of rotatable bonds is 5. The number of aliphatic hydroxyl groups excluding tert-OH is 1. The van der Waals surface area contributed by atoms with Crippen LogP contribution in [0.5, 0.6) is 0 Å². The minimum atomic E-state index is -3.17. The molecule has 2 fully saturated rings. The number of aromatic nitrogens is 3. The molecule has 2 aromatic rings. The van der Waals surface area contributed by atoms with Gasteiger partial charge in [0.2, 0.25) is 16.0 Å². The van der Waals surface area contributed by atoms with Crippen LogP contribution in [0.25, 0.3) is 11.0 Å². The van der Waals surface area contributed by atoms with Gasteiger partial charge in [-0.15, -0.1) is 0 Å². The largest absolute Gasteiger partial charge is 0.391 e. The van der Waals surface area contributed by atoms with E-state index in [1.54, 1.807) is 16.8 Å². The summed E-state index contributed by atoms with van der Waals surface area (Å²) < 4.78 is 26.7. The molecule has 1 aliphatic heterocycles. The molecule has 0 amide bonds. The van der Waals surface area contributed by atoms with E-state index in [2.05, 4.69) is 24.1 Å². The lowest BCUT2D eigenvalue weighted by molar-refractivity contribution is 0.253. The van der Waals surface area contributed by atoms with Crippen LogP contribution < -0.4 is 10.9 Å². The summed E-state index contributed by atoms with van der Waals surface area (Å²) in [5.41, 5.74) is 0.698. The lowest BCUT2D eigenvalue weighted by Crippen LogP contribution is -2.42. The summed E-state index contributed by atoms with van der Waals surface area (Å²) in [5, 5.41) is 13.8. The van der Waals surface area contributed by atoms with Gasteiger partial charge in [-0.2, -0.15) is 4.98 Å². The van der Waals surface area contributed by atoms with Crippen LogP contribution in [0.3, 0.4) is 0 Å². The van der Waals surface area contributed by atoms with Gasteiger partial charge in [0.05, 0.1) is 12.9 Å². The highest BCUT2D eigenvalue weighted by Crippen LogP contribution is 2.46. The quantitative estimate of drug-likeness (QED) is 0.715. The summed E-state index contributed by atoms with van der Waals surface area (Å²) in [6, 6.07) is 1.75. The van der Waals surface area contributed by atoms with Gasteiger partial charge in [0.15, 0.2) is 0 Å². The number of nitrogens with one attached hydrogen (secondary N) is 1. The normalized spacial score (nSPS) is 22.8. The number of nitrogens with zero attached hydrogens (tertiary/aromatic N) is 4. The molecular formula is C21H31N5O4S. The number of hydrogen-bond donors (Lipinski definition) is 2. The van der Waals surface area contributed by atoms with Crippen molar-refractivity contribution in [3.8, 4) is 0 Å². The van der Waals surface area contributed by atoms with Crippen molar-refractivity contribution in [1.29, 1.82) is 0 Å². The van der Waals surface area contributed by atoms with Crippen LogP contribution in [0.2, 0.25) is 0 Å². The zero-order valence-electron chi connectivity index (χ0n) is 18.3. The summed E-state index contributed by atoms with van der Waals surface area (Å²) in [6.07, 6.45) is 7.23. The summed E-state index contributed by atoms with van der Waals surface area (Å²) >= 11 is 0. The molecule has 0 bridgehead atoms. The predicted octanol–water partition coefficient (Wildman–Crippen LogP) is 1.87. The lowest BCUT2D eigenvalue weighted by Gasteiger charge is -2.31. The van der Waals surface area contributed by atoms with Crippen molar-refractivity contribution in [2.45, 2.75) is 64.6 Å². The lowest BCUT2D eigenvalue weighted by atomic mass is 9.87. The van der Waals surface area contributed by atoms with Gasteiger partial charge in [0.1, 0.15) is 5.65 Å². The summed E-state index contributed by atoms with van der Waals surface area (Å²) in [5.74, 6) is 0.436. The van der Waals surface area contributed by atoms with E-state index in [-0.39, 0.29) is 29.7 Å². The van der Waals surface area contributed by atoms with Crippen molar-refractivity contribution in [2.75, 3.05) is 24.7 Å². The number of pyridine rings is 1. The van der Waals surface area contributed by atoms with Crippen LogP contribution >= 0.6 is 0 Å². The first-order valence-corrected chi connectivity index (χ1v) is 12.7. The minimum Gasteiger partial charge on any atom is -0.391 e. The van der Waals surface area contributed by atoms with Crippen molar-refractivity contribution >= 4 is 27.0 Å². The van der Waals surface area contributed by atoms with Crippen molar-refractivity contribution in [1.82, 2.24) is 18.8 Å². The molecule has 3 heterocycles. The maximum Gasteiger partial charge on any atom is 0.258 e. The SMILES string of the molecule is CC1(C)CCC[C@H]1n1c(=O)c(CO)cc2cnc(NC3CCN(S(C)(=O)=O)CC3)nc21. The fourth-order valence-electron chi connectivity index (χ4n) is 4.95. The Hall–Kier alpha value is -2.04. The zero-order chi connectivity index (χ0) is 22.4. The van der Waals surface area contributed by atoms with E-state index in [4.69, 9.17) is 4.98 Å². The van der Waals surface area contributed by atoms with Gasteiger partial charge in [-0.05, 0) is 37.2 Å². The van der Waals surface area contributed by atoms with E-state index in [0.717, 1.165) is 24.6 Å². The highest BCUT2D eigenvalue weighted by atomic mass is 32.2. The van der Waals surface area contributed by atoms with Crippen molar-refractivity contribution in [2.24, 2.45) is 5.41 Å². The zero-order valence-corrected chi connectivity index (χ0v) is 19.2. The van der Waals surface area contributed by atoms with Gasteiger partial charge in [0.25, 0.3) is 5.56 Å². The number of sulfonamides is 1. The van der Waals surface area contributed by atoms with Crippen molar-refractivity contribution in [3.63, 3.8) is 0 Å². The molecule has 1 atom stereocenters. The van der Waals surface area contributed by atoms with Gasteiger partial charge >= 0.3 is 0 Å². The molecule has 4 rings (SSSR count). The highest BCUT2D eigenvalue weighted by molar-refractivity contribution is 7.88. The third kappa shape index (κ3) is 4.33. The molecule has 10 heteroatoms. The van der Waals surface area contributed by atoms with E-state index < -0.39 is 10.0 Å². The Bertz CT molecular complexity index is 1140. The Balaban J connectivity index is 1.67. The number of fused-ring (bicyclic) bond motifs is 1. The molecule has 0 spiro atoms. The molecule has 1 saturated heterocycles. The monoisotopic (exact) mass is 449 g/mol. The first-order chi connectivity index (χ1) is 14.6. The first kappa shape index (κ1) is 22.2. The van der Waals surface area contributed by atoms with Gasteiger partial charge in [-0.1, -0.05) is 20.3 Å². The van der Waals surface area contributed by atoms with E-state index in [9.17, 15) is 18.3 Å². The van der Waals surface area contributed by atoms with Crippen LogP contribution in [0.4, 0.5) is 5.95 Å². The van der Waals surface area contributed by atoms with Gasteiger partial charge < -0.3 is 10.4 Å². The molecule has 9 nitrogen and oxygen atoms in total. The summed E-state index contributed by atoms with van der Waals surface area (Å²) in [7, 11) is -3.17. The second-order valence-electron chi connectivity index (χ2n) is 9.45. The van der Waals surface area contributed by atoms with Crippen LogP contribution in [0.15, 0.2) is 17.1 Å². The molecule has 2 N–H and O–H groups in total. The van der Waals surface area contributed by atoms with E-state index in [1.165, 1.54) is 10.6 Å². The molecular weight excluding hydrogens is 418 g/mol. The molecule has 2 aromatic heterocycles. The predicted molar refractivity (Wildman–Crippen MR) is 119 cm³/mol. The average molecular weight is 450 g/mol.